The van der Waals surface area contributed by atoms with Crippen LogP contribution in [0.15, 0.2) is 36.4 Å². The van der Waals surface area contributed by atoms with Crippen molar-refractivity contribution in [3.63, 3.8) is 0 Å². The first kappa shape index (κ1) is 15.1. The number of nitrogen functional groups attached to an aromatic ring is 1. The molecular weight excluding hydrogens is 331 g/mol. The maximum absolute atomic E-state index is 13.9. The lowest BCUT2D eigenvalue weighted by Gasteiger charge is -2.30. The third kappa shape index (κ3) is 2.13. The summed E-state index contributed by atoms with van der Waals surface area (Å²) >= 11 is 0. The van der Waals surface area contributed by atoms with Crippen molar-refractivity contribution in [2.45, 2.75) is 19.9 Å². The van der Waals surface area contributed by atoms with Crippen molar-refractivity contribution in [2.24, 2.45) is 0 Å². The highest BCUT2D eigenvalue weighted by Gasteiger charge is 2.22. The first-order valence-electron chi connectivity index (χ1n) is 8.54. The van der Waals surface area contributed by atoms with Crippen LogP contribution < -0.4 is 10.6 Å². The van der Waals surface area contributed by atoms with Gasteiger partial charge in [0, 0.05) is 23.9 Å². The molecule has 0 saturated carbocycles. The molecule has 0 spiro atoms. The summed E-state index contributed by atoms with van der Waals surface area (Å²) in [4.78, 5) is 2.18. The van der Waals surface area contributed by atoms with Gasteiger partial charge < -0.3 is 10.6 Å². The molecule has 5 rings (SSSR count). The Morgan fingerprint density at radius 2 is 1.88 bits per heavy atom. The van der Waals surface area contributed by atoms with Gasteiger partial charge in [-0.2, -0.15) is 4.52 Å². The fourth-order valence-corrected chi connectivity index (χ4v) is 3.68. The van der Waals surface area contributed by atoms with Crippen LogP contribution in [0.25, 0.3) is 16.4 Å². The molecule has 6 nitrogen and oxygen atoms in total. The minimum absolute atomic E-state index is 0.210. The normalized spacial score (nSPS) is 14.2. The predicted octanol–water partition coefficient (Wildman–Crippen LogP) is 2.87. The molecule has 0 unspecified atom stereocenters. The summed E-state index contributed by atoms with van der Waals surface area (Å²) in [6, 6.07) is 11.3. The third-order valence-electron chi connectivity index (χ3n) is 5.03. The maximum Gasteiger partial charge on any atom is 0.185 e. The Morgan fingerprint density at radius 3 is 2.73 bits per heavy atom. The van der Waals surface area contributed by atoms with Crippen LogP contribution in [0.4, 0.5) is 15.9 Å². The lowest BCUT2D eigenvalue weighted by molar-refractivity contribution is 0.622. The van der Waals surface area contributed by atoms with Crippen molar-refractivity contribution in [3.05, 3.63) is 59.2 Å². The van der Waals surface area contributed by atoms with Crippen LogP contribution >= 0.6 is 0 Å². The Balaban J connectivity index is 1.68. The van der Waals surface area contributed by atoms with E-state index in [2.05, 4.69) is 15.1 Å². The standard InChI is InChI=1S/C19H17FN6/c1-11-22-23-18-14-4-2-3-5-15(14)19(24-26(11)18)25-7-6-12-9-17(21)16(20)8-13(12)10-25/h2-5,8-9H,6-7,10,21H2,1H3. The van der Waals surface area contributed by atoms with Crippen LogP contribution in [0.2, 0.25) is 0 Å². The van der Waals surface area contributed by atoms with Gasteiger partial charge in [0.05, 0.1) is 5.69 Å². The molecule has 2 N–H and O–H groups in total. The van der Waals surface area contributed by atoms with Gasteiger partial charge in [0.25, 0.3) is 0 Å². The Bertz CT molecular complexity index is 1170. The summed E-state index contributed by atoms with van der Waals surface area (Å²) in [5.41, 5.74) is 8.73. The third-order valence-corrected chi connectivity index (χ3v) is 5.03. The SMILES string of the molecule is Cc1nnc2c3ccccc3c(N3CCc4cc(N)c(F)cc4C3)nn12. The van der Waals surface area contributed by atoms with Crippen LogP contribution in [0.1, 0.15) is 17.0 Å². The second kappa shape index (κ2) is 5.39. The van der Waals surface area contributed by atoms with Crippen LogP contribution in [0.3, 0.4) is 0 Å². The van der Waals surface area contributed by atoms with E-state index in [9.17, 15) is 4.39 Å². The summed E-state index contributed by atoms with van der Waals surface area (Å²) in [6.07, 6.45) is 0.801. The lowest BCUT2D eigenvalue weighted by Crippen LogP contribution is -2.32. The highest BCUT2D eigenvalue weighted by molar-refractivity contribution is 6.00. The summed E-state index contributed by atoms with van der Waals surface area (Å²) < 4.78 is 15.7. The van der Waals surface area contributed by atoms with Gasteiger partial charge in [0.1, 0.15) is 5.82 Å². The van der Waals surface area contributed by atoms with E-state index in [-0.39, 0.29) is 11.5 Å². The molecule has 0 saturated heterocycles. The van der Waals surface area contributed by atoms with Gasteiger partial charge in [-0.3, -0.25) is 0 Å². The maximum atomic E-state index is 13.9. The van der Waals surface area contributed by atoms with Crippen molar-refractivity contribution in [3.8, 4) is 0 Å². The van der Waals surface area contributed by atoms with Crippen molar-refractivity contribution >= 4 is 27.9 Å². The topological polar surface area (TPSA) is 72.3 Å². The fraction of sp³-hybridized carbons (Fsp3) is 0.211. The monoisotopic (exact) mass is 348 g/mol. The van der Waals surface area contributed by atoms with Gasteiger partial charge in [-0.25, -0.2) is 4.39 Å². The van der Waals surface area contributed by atoms with Gasteiger partial charge in [0.2, 0.25) is 0 Å². The molecule has 130 valence electrons. The van der Waals surface area contributed by atoms with Crippen molar-refractivity contribution in [1.29, 1.82) is 0 Å². The average Bonchev–Trinajstić information content (AvgIpc) is 3.03. The zero-order valence-corrected chi connectivity index (χ0v) is 14.3. The van der Waals surface area contributed by atoms with Crippen LogP contribution in [-0.4, -0.2) is 26.4 Å². The Morgan fingerprint density at radius 1 is 1.08 bits per heavy atom. The predicted molar refractivity (Wildman–Crippen MR) is 98.6 cm³/mol. The molecule has 3 heterocycles. The Hall–Kier alpha value is -3.22. The van der Waals surface area contributed by atoms with Gasteiger partial charge in [-0.1, -0.05) is 24.3 Å². The molecule has 0 aliphatic carbocycles. The summed E-state index contributed by atoms with van der Waals surface area (Å²) in [7, 11) is 0. The fourth-order valence-electron chi connectivity index (χ4n) is 3.68. The molecule has 4 aromatic rings. The van der Waals surface area contributed by atoms with E-state index >= 15 is 0 Å². The molecule has 0 bridgehead atoms. The van der Waals surface area contributed by atoms with E-state index in [4.69, 9.17) is 10.8 Å². The minimum atomic E-state index is -0.367. The molecule has 0 radical (unpaired) electrons. The smallest absolute Gasteiger partial charge is 0.185 e. The van der Waals surface area contributed by atoms with Crippen molar-refractivity contribution < 1.29 is 4.39 Å². The van der Waals surface area contributed by atoms with Gasteiger partial charge in [-0.05, 0) is 36.6 Å². The molecule has 26 heavy (non-hydrogen) atoms. The molecule has 7 heteroatoms. The van der Waals surface area contributed by atoms with Gasteiger partial charge >= 0.3 is 0 Å². The number of aryl methyl sites for hydroxylation is 1. The zero-order valence-electron chi connectivity index (χ0n) is 14.3. The number of anilines is 2. The van der Waals surface area contributed by atoms with Crippen LogP contribution in [-0.2, 0) is 13.0 Å². The molecule has 0 atom stereocenters. The molecule has 1 aliphatic rings. The van der Waals surface area contributed by atoms with E-state index in [0.717, 1.165) is 52.2 Å². The highest BCUT2D eigenvalue weighted by Crippen LogP contribution is 2.32. The summed E-state index contributed by atoms with van der Waals surface area (Å²) in [5.74, 6) is 1.23. The number of nitrogens with zero attached hydrogens (tertiary/aromatic N) is 5. The summed E-state index contributed by atoms with van der Waals surface area (Å²) in [6.45, 7) is 3.27. The quantitative estimate of drug-likeness (QED) is 0.536. The number of aromatic nitrogens is 4. The van der Waals surface area contributed by atoms with Crippen molar-refractivity contribution in [1.82, 2.24) is 19.8 Å². The molecule has 1 aliphatic heterocycles. The molecule has 2 aromatic heterocycles. The van der Waals surface area contributed by atoms with E-state index in [1.807, 2.05) is 31.2 Å². The Kier molecular flexibility index (Phi) is 3.12. The van der Waals surface area contributed by atoms with E-state index < -0.39 is 0 Å². The van der Waals surface area contributed by atoms with Gasteiger partial charge in [0.15, 0.2) is 17.3 Å². The number of halogens is 1. The lowest BCUT2D eigenvalue weighted by atomic mass is 9.98. The average molecular weight is 348 g/mol. The van der Waals surface area contributed by atoms with Crippen molar-refractivity contribution in [2.75, 3.05) is 17.2 Å². The molecule has 2 aromatic carbocycles. The number of hydrogen-bond donors (Lipinski definition) is 1. The number of hydrogen-bond acceptors (Lipinski definition) is 5. The minimum Gasteiger partial charge on any atom is -0.396 e. The van der Waals surface area contributed by atoms with E-state index in [0.29, 0.717) is 6.54 Å². The first-order chi connectivity index (χ1) is 12.6. The Labute approximate surface area is 149 Å². The highest BCUT2D eigenvalue weighted by atomic mass is 19.1. The van der Waals surface area contributed by atoms with E-state index in [1.165, 1.54) is 0 Å². The van der Waals surface area contributed by atoms with E-state index in [1.54, 1.807) is 16.6 Å². The summed E-state index contributed by atoms with van der Waals surface area (Å²) in [5, 5.41) is 15.2. The number of rotatable bonds is 1. The van der Waals surface area contributed by atoms with Crippen LogP contribution in [0, 0.1) is 12.7 Å². The molecule has 0 amide bonds. The first-order valence-corrected chi connectivity index (χ1v) is 8.54. The second-order valence-corrected chi connectivity index (χ2v) is 6.67. The zero-order chi connectivity index (χ0) is 17.8. The molecule has 0 fully saturated rings. The number of fused-ring (bicyclic) bond motifs is 4. The number of benzene rings is 2. The molecular formula is C19H17FN6. The number of nitrogens with two attached hydrogens (primary N) is 1. The van der Waals surface area contributed by atoms with Crippen LogP contribution in [0.5, 0.6) is 0 Å². The second-order valence-electron chi connectivity index (χ2n) is 6.67. The van der Waals surface area contributed by atoms with Gasteiger partial charge in [-0.15, -0.1) is 15.3 Å². The largest absolute Gasteiger partial charge is 0.396 e.